The van der Waals surface area contributed by atoms with Gasteiger partial charge in [0.2, 0.25) is 10.0 Å². The Kier molecular flexibility index (Phi) is 7.00. The highest BCUT2D eigenvalue weighted by atomic mass is 35.5. The number of hydrogen-bond acceptors (Lipinski definition) is 5. The second kappa shape index (κ2) is 9.05. The molecule has 0 aromatic heterocycles. The fraction of sp³-hybridized carbons (Fsp3) is 0.222. The predicted molar refractivity (Wildman–Crippen MR) is 104 cm³/mol. The van der Waals surface area contributed by atoms with Gasteiger partial charge in [-0.05, 0) is 49.4 Å². The van der Waals surface area contributed by atoms with E-state index in [1.807, 2.05) is 0 Å². The lowest BCUT2D eigenvalue weighted by molar-refractivity contribution is -0.128. The molecule has 0 heterocycles. The Labute approximate surface area is 168 Å². The molecule has 0 aliphatic rings. The molecule has 0 saturated heterocycles. The van der Waals surface area contributed by atoms with Crippen LogP contribution in [0.25, 0.3) is 0 Å². The van der Waals surface area contributed by atoms with Crippen LogP contribution in [0.5, 0.6) is 5.75 Å². The fourth-order valence-electron chi connectivity index (χ4n) is 2.07. The van der Waals surface area contributed by atoms with Crippen molar-refractivity contribution in [3.8, 4) is 5.75 Å². The van der Waals surface area contributed by atoms with Gasteiger partial charge in [0, 0.05) is 24.7 Å². The Hall–Kier alpha value is -2.62. The van der Waals surface area contributed by atoms with E-state index in [9.17, 15) is 18.0 Å². The summed E-state index contributed by atoms with van der Waals surface area (Å²) in [4.78, 5) is 24.3. The zero-order valence-electron chi connectivity index (χ0n) is 15.5. The maximum Gasteiger partial charge on any atom is 0.279 e. The number of carbonyl (C=O) groups excluding carboxylic acids is 2. The Morgan fingerprint density at radius 2 is 1.71 bits per heavy atom. The zero-order chi connectivity index (χ0) is 20.9. The van der Waals surface area contributed by atoms with Gasteiger partial charge in [-0.2, -0.15) is 0 Å². The fourth-order valence-corrected chi connectivity index (χ4v) is 3.15. The van der Waals surface area contributed by atoms with Crippen molar-refractivity contribution in [2.75, 3.05) is 14.1 Å². The first-order valence-electron chi connectivity index (χ1n) is 8.16. The maximum atomic E-state index is 12.2. The molecule has 10 heteroatoms. The van der Waals surface area contributed by atoms with Crippen molar-refractivity contribution < 1.29 is 22.7 Å². The second-order valence-corrected chi connectivity index (χ2v) is 8.56. The van der Waals surface area contributed by atoms with E-state index in [0.29, 0.717) is 10.8 Å². The highest BCUT2D eigenvalue weighted by molar-refractivity contribution is 7.89. The molecule has 0 aliphatic heterocycles. The lowest BCUT2D eigenvalue weighted by Gasteiger charge is -2.15. The number of carbonyl (C=O) groups is 2. The van der Waals surface area contributed by atoms with Gasteiger partial charge in [0.25, 0.3) is 11.8 Å². The number of amides is 2. The van der Waals surface area contributed by atoms with Gasteiger partial charge in [0.15, 0.2) is 6.10 Å². The predicted octanol–water partition coefficient (Wildman–Crippen LogP) is 1.82. The molecule has 0 bridgehead atoms. The number of hydrazine groups is 1. The Balaban J connectivity index is 1.98. The van der Waals surface area contributed by atoms with E-state index in [4.69, 9.17) is 16.3 Å². The molecule has 0 fully saturated rings. The van der Waals surface area contributed by atoms with Crippen LogP contribution in [0.3, 0.4) is 0 Å². The van der Waals surface area contributed by atoms with E-state index in [0.717, 1.165) is 4.31 Å². The third kappa shape index (κ3) is 5.44. The minimum Gasteiger partial charge on any atom is -0.481 e. The molecule has 2 aromatic rings. The van der Waals surface area contributed by atoms with Crippen molar-refractivity contribution in [3.05, 3.63) is 59.1 Å². The van der Waals surface area contributed by atoms with Crippen molar-refractivity contribution in [1.29, 1.82) is 0 Å². The van der Waals surface area contributed by atoms with Crippen LogP contribution in [-0.2, 0) is 14.8 Å². The summed E-state index contributed by atoms with van der Waals surface area (Å²) >= 11 is 5.79. The third-order valence-electron chi connectivity index (χ3n) is 3.67. The average Bonchev–Trinajstić information content (AvgIpc) is 2.67. The van der Waals surface area contributed by atoms with Crippen LogP contribution >= 0.6 is 11.6 Å². The number of benzene rings is 2. The highest BCUT2D eigenvalue weighted by Crippen LogP contribution is 2.17. The molecular formula is C18H20ClN3O5S. The van der Waals surface area contributed by atoms with Crippen LogP contribution in [0.4, 0.5) is 0 Å². The lowest BCUT2D eigenvalue weighted by Crippen LogP contribution is -2.47. The molecule has 0 saturated carbocycles. The number of nitrogens with one attached hydrogen (secondary N) is 2. The minimum atomic E-state index is -3.68. The van der Waals surface area contributed by atoms with E-state index < -0.39 is 27.9 Å². The normalized spacial score (nSPS) is 12.3. The first-order chi connectivity index (χ1) is 13.1. The van der Waals surface area contributed by atoms with Crippen molar-refractivity contribution in [1.82, 2.24) is 15.2 Å². The van der Waals surface area contributed by atoms with Gasteiger partial charge in [-0.25, -0.2) is 12.7 Å². The quantitative estimate of drug-likeness (QED) is 0.687. The molecule has 1 atom stereocenters. The number of rotatable bonds is 6. The van der Waals surface area contributed by atoms with Gasteiger partial charge >= 0.3 is 0 Å². The molecule has 2 amide bonds. The van der Waals surface area contributed by atoms with Gasteiger partial charge in [0.05, 0.1) is 4.90 Å². The number of sulfonamides is 1. The topological polar surface area (TPSA) is 105 Å². The number of nitrogens with zero attached hydrogens (tertiary/aromatic N) is 1. The molecular weight excluding hydrogens is 406 g/mol. The second-order valence-electron chi connectivity index (χ2n) is 5.97. The van der Waals surface area contributed by atoms with Gasteiger partial charge in [-0.1, -0.05) is 17.7 Å². The molecule has 2 rings (SSSR count). The van der Waals surface area contributed by atoms with Crippen molar-refractivity contribution in [3.63, 3.8) is 0 Å². The standard InChI is InChI=1S/C18H20ClN3O5S/c1-12(27-15-9-7-14(19)8-10-15)17(23)20-21-18(24)13-5-4-6-16(11-13)28(25,26)22(2)3/h4-12H,1-3H3,(H,20,23)(H,21,24). The summed E-state index contributed by atoms with van der Waals surface area (Å²) in [5, 5.41) is 0.537. The van der Waals surface area contributed by atoms with Crippen LogP contribution in [0.2, 0.25) is 5.02 Å². The van der Waals surface area contributed by atoms with Crippen LogP contribution < -0.4 is 15.6 Å². The van der Waals surface area contributed by atoms with Gasteiger partial charge in [-0.15, -0.1) is 0 Å². The van der Waals surface area contributed by atoms with Gasteiger partial charge in [0.1, 0.15) is 5.75 Å². The summed E-state index contributed by atoms with van der Waals surface area (Å²) in [5.74, 6) is -0.803. The van der Waals surface area contributed by atoms with Gasteiger partial charge < -0.3 is 4.74 Å². The molecule has 2 aromatic carbocycles. The first-order valence-corrected chi connectivity index (χ1v) is 9.98. The molecule has 0 radical (unpaired) electrons. The Bertz CT molecular complexity index is 961. The van der Waals surface area contributed by atoms with Crippen molar-refractivity contribution in [2.24, 2.45) is 0 Å². The molecule has 150 valence electrons. The van der Waals surface area contributed by atoms with Crippen LogP contribution in [0.15, 0.2) is 53.4 Å². The van der Waals surface area contributed by atoms with Crippen LogP contribution in [-0.4, -0.2) is 44.7 Å². The summed E-state index contributed by atoms with van der Waals surface area (Å²) in [6, 6.07) is 12.0. The number of ether oxygens (including phenoxy) is 1. The highest BCUT2D eigenvalue weighted by Gasteiger charge is 2.20. The zero-order valence-corrected chi connectivity index (χ0v) is 17.0. The maximum absolute atomic E-state index is 12.2. The molecule has 1 unspecified atom stereocenters. The SMILES string of the molecule is CC(Oc1ccc(Cl)cc1)C(=O)NNC(=O)c1cccc(S(=O)(=O)N(C)C)c1. The summed E-state index contributed by atoms with van der Waals surface area (Å²) < 4.78 is 30.8. The van der Waals surface area contributed by atoms with E-state index in [2.05, 4.69) is 10.9 Å². The summed E-state index contributed by atoms with van der Waals surface area (Å²) in [7, 11) is -0.892. The number of halogens is 1. The summed E-state index contributed by atoms with van der Waals surface area (Å²) in [5.41, 5.74) is 4.56. The molecule has 8 nitrogen and oxygen atoms in total. The van der Waals surface area contributed by atoms with Crippen LogP contribution in [0.1, 0.15) is 17.3 Å². The average molecular weight is 426 g/mol. The molecule has 28 heavy (non-hydrogen) atoms. The van der Waals surface area contributed by atoms with E-state index in [1.165, 1.54) is 45.3 Å². The van der Waals surface area contributed by atoms with Crippen molar-refractivity contribution >= 4 is 33.4 Å². The van der Waals surface area contributed by atoms with Crippen LogP contribution in [0, 0.1) is 0 Å². The molecule has 2 N–H and O–H groups in total. The largest absolute Gasteiger partial charge is 0.481 e. The summed E-state index contributed by atoms with van der Waals surface area (Å²) in [6.07, 6.45) is -0.887. The molecule has 0 aliphatic carbocycles. The van der Waals surface area contributed by atoms with E-state index >= 15 is 0 Å². The smallest absolute Gasteiger partial charge is 0.279 e. The third-order valence-corrected chi connectivity index (χ3v) is 5.73. The Morgan fingerprint density at radius 3 is 2.32 bits per heavy atom. The number of hydrogen-bond donors (Lipinski definition) is 2. The van der Waals surface area contributed by atoms with Crippen molar-refractivity contribution in [2.45, 2.75) is 17.9 Å². The Morgan fingerprint density at radius 1 is 1.07 bits per heavy atom. The first kappa shape index (κ1) is 21.7. The van der Waals surface area contributed by atoms with E-state index in [-0.39, 0.29) is 10.5 Å². The monoisotopic (exact) mass is 425 g/mol. The van der Waals surface area contributed by atoms with Gasteiger partial charge in [-0.3, -0.25) is 20.4 Å². The molecule has 0 spiro atoms. The van der Waals surface area contributed by atoms with E-state index in [1.54, 1.807) is 24.3 Å². The lowest BCUT2D eigenvalue weighted by atomic mass is 10.2. The minimum absolute atomic E-state index is 0.0316. The summed E-state index contributed by atoms with van der Waals surface area (Å²) in [6.45, 7) is 1.51.